The van der Waals surface area contributed by atoms with Crippen LogP contribution in [0.25, 0.3) is 21.7 Å². The van der Waals surface area contributed by atoms with E-state index in [1.807, 2.05) is 48.5 Å². The molecule has 5 atom stereocenters. The van der Waals surface area contributed by atoms with Crippen LogP contribution in [0.2, 0.25) is 0 Å². The van der Waals surface area contributed by atoms with Crippen LogP contribution >= 0.6 is 0 Å². The highest BCUT2D eigenvalue weighted by atomic mass is 32.2. The number of fused-ring (bicyclic) bond motifs is 5. The topological polar surface area (TPSA) is 187 Å². The Labute approximate surface area is 284 Å². The van der Waals surface area contributed by atoms with Crippen LogP contribution in [-0.2, 0) is 19.6 Å². The van der Waals surface area contributed by atoms with Crippen molar-refractivity contribution in [1.29, 1.82) is 0 Å². The number of aromatic nitrogens is 1. The molecule has 4 fully saturated rings. The molecule has 1 aromatic heterocycles. The zero-order valence-corrected chi connectivity index (χ0v) is 28.1. The van der Waals surface area contributed by atoms with E-state index in [1.54, 1.807) is 0 Å². The van der Waals surface area contributed by atoms with Gasteiger partial charge in [0.15, 0.2) is 0 Å². The fraction of sp³-hybridized carbons (Fsp3) is 0.543. The maximum atomic E-state index is 14.2. The molecule has 2 aliphatic carbocycles. The Morgan fingerprint density at radius 2 is 1.65 bits per heavy atom. The number of hydrogen-bond acceptors (Lipinski definition) is 9. The fourth-order valence-electron chi connectivity index (χ4n) is 7.70. The first kappa shape index (κ1) is 33.5. The van der Waals surface area contributed by atoms with E-state index in [2.05, 4.69) is 15.4 Å². The quantitative estimate of drug-likeness (QED) is 0.189. The van der Waals surface area contributed by atoms with E-state index in [4.69, 9.17) is 9.72 Å². The van der Waals surface area contributed by atoms with Crippen molar-refractivity contribution < 1.29 is 37.8 Å². The molecular weight excluding hydrogens is 650 g/mol. The first-order valence-electron chi connectivity index (χ1n) is 17.3. The Balaban J connectivity index is 1.19. The van der Waals surface area contributed by atoms with Gasteiger partial charge in [-0.15, -0.1) is 0 Å². The number of carbonyl (C=O) groups is 3. The number of sulfonamides is 1. The molecule has 2 aliphatic heterocycles. The number of benzene rings is 2. The van der Waals surface area contributed by atoms with Gasteiger partial charge in [0.2, 0.25) is 21.6 Å². The van der Waals surface area contributed by atoms with E-state index in [-0.39, 0.29) is 25.4 Å². The standard InChI is InChI=1S/C35H43N5O8S/c41-31(39-49(46,47)25-15-16-25)34-19-22(34)10-4-2-1-3-9-17-35(45,38-33(43)44)32(42)40-21-24(18-23(40)20-36-34)48-30-28-13-6-5-11-26(28)27-12-7-8-14-29(27)37-30/h5-8,11-14,22-25,36,38,45H,1-4,9-10,15-21H2,(H,39,41)(H,43,44)/t22-,23+,24-,34-,35+/m1/s1. The van der Waals surface area contributed by atoms with Crippen molar-refractivity contribution in [3.8, 4) is 5.88 Å². The van der Waals surface area contributed by atoms with Crippen molar-refractivity contribution in [3.63, 3.8) is 0 Å². The van der Waals surface area contributed by atoms with Crippen molar-refractivity contribution in [3.05, 3.63) is 48.5 Å². The summed E-state index contributed by atoms with van der Waals surface area (Å²) in [5, 5.41) is 28.8. The molecule has 7 rings (SSSR count). The van der Waals surface area contributed by atoms with Crippen molar-refractivity contribution in [2.45, 2.75) is 99.3 Å². The highest BCUT2D eigenvalue weighted by Crippen LogP contribution is 2.48. The predicted molar refractivity (Wildman–Crippen MR) is 181 cm³/mol. The lowest BCUT2D eigenvalue weighted by Crippen LogP contribution is -2.62. The minimum Gasteiger partial charge on any atom is -0.472 e. The Morgan fingerprint density at radius 3 is 2.41 bits per heavy atom. The average molecular weight is 694 g/mol. The summed E-state index contributed by atoms with van der Waals surface area (Å²) in [4.78, 5) is 45.9. The van der Waals surface area contributed by atoms with Crippen LogP contribution < -0.4 is 20.1 Å². The summed E-state index contributed by atoms with van der Waals surface area (Å²) in [6, 6.07) is 14.9. The molecule has 4 aliphatic rings. The highest BCUT2D eigenvalue weighted by Gasteiger charge is 2.61. The molecule has 0 unspecified atom stereocenters. The zero-order valence-electron chi connectivity index (χ0n) is 27.3. The molecule has 2 aromatic carbocycles. The predicted octanol–water partition coefficient (Wildman–Crippen LogP) is 3.39. The Hall–Kier alpha value is -4.01. The molecule has 13 nitrogen and oxygen atoms in total. The molecule has 262 valence electrons. The number of nitrogens with one attached hydrogen (secondary N) is 3. The second kappa shape index (κ2) is 13.0. The molecule has 0 spiro atoms. The molecule has 49 heavy (non-hydrogen) atoms. The van der Waals surface area contributed by atoms with E-state index in [0.29, 0.717) is 44.4 Å². The van der Waals surface area contributed by atoms with E-state index in [0.717, 1.165) is 47.4 Å². The van der Waals surface area contributed by atoms with Crippen molar-refractivity contribution >= 4 is 49.6 Å². The number of hydrogen-bond donors (Lipinski definition) is 5. The molecule has 0 bridgehead atoms. The molecule has 0 radical (unpaired) electrons. The summed E-state index contributed by atoms with van der Waals surface area (Å²) in [7, 11) is -3.77. The number of para-hydroxylation sites is 1. The number of carbonyl (C=O) groups excluding carboxylic acids is 2. The number of amides is 3. The third-order valence-corrected chi connectivity index (χ3v) is 12.4. The molecule has 2 saturated heterocycles. The van der Waals surface area contributed by atoms with Gasteiger partial charge in [-0.1, -0.05) is 62.1 Å². The summed E-state index contributed by atoms with van der Waals surface area (Å²) in [5.41, 5.74) is -2.72. The maximum Gasteiger partial charge on any atom is 0.407 e. The van der Waals surface area contributed by atoms with Gasteiger partial charge in [-0.2, -0.15) is 0 Å². The summed E-state index contributed by atoms with van der Waals surface area (Å²) in [6.07, 6.45) is 4.01. The number of nitrogens with zero attached hydrogens (tertiary/aromatic N) is 2. The van der Waals surface area contributed by atoms with Gasteiger partial charge in [-0.05, 0) is 55.5 Å². The fourth-order valence-corrected chi connectivity index (χ4v) is 9.06. The van der Waals surface area contributed by atoms with Crippen molar-refractivity contribution in [2.75, 3.05) is 13.1 Å². The SMILES string of the molecule is O=C(O)N[C@]1(O)CCCCCCC[C@@H]2C[C@@]2(C(=O)NS(=O)(=O)C2CC2)NC[C@@H]2C[C@@H](Oc3nc4ccccc4c4ccccc34)CN2C1=O. The second-order valence-corrected chi connectivity index (χ2v) is 16.1. The second-order valence-electron chi connectivity index (χ2n) is 14.1. The van der Waals surface area contributed by atoms with Crippen LogP contribution in [0.15, 0.2) is 48.5 Å². The zero-order chi connectivity index (χ0) is 34.4. The number of ether oxygens (including phenoxy) is 1. The summed E-state index contributed by atoms with van der Waals surface area (Å²) in [6.45, 7) is 0.143. The normalized spacial score (nSPS) is 29.7. The van der Waals surface area contributed by atoms with Gasteiger partial charge >= 0.3 is 6.09 Å². The van der Waals surface area contributed by atoms with Gasteiger partial charge in [-0.25, -0.2) is 18.2 Å². The molecule has 5 N–H and O–H groups in total. The van der Waals surface area contributed by atoms with Crippen LogP contribution in [0.1, 0.15) is 70.6 Å². The van der Waals surface area contributed by atoms with Gasteiger partial charge in [0.1, 0.15) is 11.6 Å². The number of rotatable bonds is 6. The lowest BCUT2D eigenvalue weighted by molar-refractivity contribution is -0.156. The molecular formula is C35H43N5O8S. The Morgan fingerprint density at radius 1 is 0.959 bits per heavy atom. The molecule has 2 saturated carbocycles. The third-order valence-electron chi connectivity index (χ3n) is 10.6. The number of carboxylic acid groups (broad SMARTS) is 1. The van der Waals surface area contributed by atoms with E-state index in [9.17, 15) is 33.0 Å². The highest BCUT2D eigenvalue weighted by molar-refractivity contribution is 7.91. The van der Waals surface area contributed by atoms with Crippen LogP contribution in [-0.4, -0.2) is 88.2 Å². The van der Waals surface area contributed by atoms with Crippen LogP contribution in [0.4, 0.5) is 4.79 Å². The molecule has 3 heterocycles. The van der Waals surface area contributed by atoms with Crippen LogP contribution in [0.3, 0.4) is 0 Å². The van der Waals surface area contributed by atoms with Gasteiger partial charge in [0.05, 0.1) is 17.3 Å². The summed E-state index contributed by atoms with van der Waals surface area (Å²) < 4.78 is 34.4. The first-order valence-corrected chi connectivity index (χ1v) is 18.8. The Bertz CT molecular complexity index is 1890. The first-order chi connectivity index (χ1) is 23.5. The van der Waals surface area contributed by atoms with E-state index in [1.165, 1.54) is 4.90 Å². The molecule has 3 amide bonds. The number of pyridine rings is 1. The third kappa shape index (κ3) is 6.78. The largest absolute Gasteiger partial charge is 0.472 e. The van der Waals surface area contributed by atoms with Crippen LogP contribution in [0.5, 0.6) is 5.88 Å². The summed E-state index contributed by atoms with van der Waals surface area (Å²) in [5.74, 6) is -1.04. The monoisotopic (exact) mass is 693 g/mol. The lowest BCUT2D eigenvalue weighted by atomic mass is 10.0. The Kier molecular flexibility index (Phi) is 8.90. The minimum atomic E-state index is -3.77. The minimum absolute atomic E-state index is 0.0380. The lowest BCUT2D eigenvalue weighted by Gasteiger charge is -2.34. The smallest absolute Gasteiger partial charge is 0.407 e. The van der Waals surface area contributed by atoms with E-state index < -0.39 is 56.6 Å². The molecule has 3 aromatic rings. The molecule has 14 heteroatoms. The van der Waals surface area contributed by atoms with Crippen molar-refractivity contribution in [2.24, 2.45) is 5.92 Å². The van der Waals surface area contributed by atoms with Gasteiger partial charge in [-0.3, -0.25) is 19.6 Å². The van der Waals surface area contributed by atoms with E-state index >= 15 is 0 Å². The van der Waals surface area contributed by atoms with Gasteiger partial charge in [0, 0.05) is 36.2 Å². The maximum absolute atomic E-state index is 14.2. The van der Waals surface area contributed by atoms with Gasteiger partial charge < -0.3 is 25.2 Å². The average Bonchev–Trinajstić information content (AvgIpc) is 4.00. The van der Waals surface area contributed by atoms with Gasteiger partial charge in [0.25, 0.3) is 11.8 Å². The number of aliphatic hydroxyl groups is 1. The summed E-state index contributed by atoms with van der Waals surface area (Å²) >= 11 is 0. The van der Waals surface area contributed by atoms with Crippen LogP contribution in [0, 0.1) is 5.92 Å². The van der Waals surface area contributed by atoms with Crippen molar-refractivity contribution in [1.82, 2.24) is 25.2 Å².